The summed E-state index contributed by atoms with van der Waals surface area (Å²) in [6, 6.07) is 1.52. The molecule has 0 bridgehead atoms. The van der Waals surface area contributed by atoms with Gasteiger partial charge in [0.15, 0.2) is 0 Å². The zero-order chi connectivity index (χ0) is 14.2. The third kappa shape index (κ3) is 3.12. The number of nitrogens with one attached hydrogen (secondary N) is 1. The Balaban J connectivity index is 2.18. The monoisotopic (exact) mass is 304 g/mol. The Labute approximate surface area is 117 Å². The first-order chi connectivity index (χ1) is 8.81. The minimum atomic E-state index is -3.81. The smallest absolute Gasteiger partial charge is 0.268 e. The van der Waals surface area contributed by atoms with Crippen molar-refractivity contribution in [2.24, 2.45) is 5.92 Å². The number of rotatable bonds is 4. The van der Waals surface area contributed by atoms with Gasteiger partial charge in [-0.25, -0.2) is 8.42 Å². The molecule has 2 rings (SSSR count). The molecule has 0 aliphatic heterocycles. The molecule has 1 saturated carbocycles. The van der Waals surface area contributed by atoms with Crippen molar-refractivity contribution < 1.29 is 13.2 Å². The lowest BCUT2D eigenvalue weighted by molar-refractivity contribution is 0.0886. The Kier molecular flexibility index (Phi) is 3.92. The van der Waals surface area contributed by atoms with E-state index in [4.69, 9.17) is 10.7 Å². The predicted octanol–water partition coefficient (Wildman–Crippen LogP) is 1.96. The maximum absolute atomic E-state index is 12.1. The molecule has 0 unspecified atom stereocenters. The molecule has 0 saturated heterocycles. The van der Waals surface area contributed by atoms with Gasteiger partial charge < -0.3 is 9.88 Å². The normalized spacial score (nSPS) is 22.9. The number of amides is 1. The summed E-state index contributed by atoms with van der Waals surface area (Å²) in [6.07, 6.45) is 3.33. The van der Waals surface area contributed by atoms with Gasteiger partial charge in [-0.2, -0.15) is 0 Å². The van der Waals surface area contributed by atoms with Crippen LogP contribution in [0, 0.1) is 5.92 Å². The van der Waals surface area contributed by atoms with Crippen LogP contribution < -0.4 is 5.32 Å². The number of halogens is 1. The van der Waals surface area contributed by atoms with E-state index in [0.29, 0.717) is 18.2 Å². The number of nitrogens with zero attached hydrogens (tertiary/aromatic N) is 1. The SMILES string of the molecule is CCn1cc(S(=O)(=O)Cl)cc1C(=O)NC1CC(C)C1. The van der Waals surface area contributed by atoms with Gasteiger partial charge in [-0.1, -0.05) is 6.92 Å². The second kappa shape index (κ2) is 5.17. The zero-order valence-electron chi connectivity index (χ0n) is 10.9. The molecule has 7 heteroatoms. The van der Waals surface area contributed by atoms with Crippen LogP contribution in [0.1, 0.15) is 37.2 Å². The summed E-state index contributed by atoms with van der Waals surface area (Å²) in [5.74, 6) is 0.396. The second-order valence-electron chi connectivity index (χ2n) is 5.03. The van der Waals surface area contributed by atoms with E-state index in [2.05, 4.69) is 12.2 Å². The summed E-state index contributed by atoms with van der Waals surface area (Å²) in [5, 5.41) is 2.90. The molecular weight excluding hydrogens is 288 g/mol. The van der Waals surface area contributed by atoms with Crippen LogP contribution in [0.4, 0.5) is 0 Å². The highest BCUT2D eigenvalue weighted by atomic mass is 35.7. The molecule has 1 aromatic heterocycles. The van der Waals surface area contributed by atoms with Gasteiger partial charge >= 0.3 is 0 Å². The van der Waals surface area contributed by atoms with Crippen molar-refractivity contribution in [3.63, 3.8) is 0 Å². The van der Waals surface area contributed by atoms with E-state index in [0.717, 1.165) is 12.8 Å². The Hall–Kier alpha value is -1.01. The van der Waals surface area contributed by atoms with E-state index in [1.807, 2.05) is 6.92 Å². The number of hydrogen-bond acceptors (Lipinski definition) is 3. The van der Waals surface area contributed by atoms with Gasteiger partial charge in [0, 0.05) is 29.5 Å². The molecule has 0 radical (unpaired) electrons. The van der Waals surface area contributed by atoms with Crippen molar-refractivity contribution in [1.29, 1.82) is 0 Å². The van der Waals surface area contributed by atoms with E-state index in [1.165, 1.54) is 12.3 Å². The molecule has 106 valence electrons. The molecule has 1 aromatic rings. The second-order valence-corrected chi connectivity index (χ2v) is 7.60. The van der Waals surface area contributed by atoms with Gasteiger partial charge in [0.2, 0.25) is 0 Å². The number of carbonyl (C=O) groups is 1. The van der Waals surface area contributed by atoms with Gasteiger partial charge in [0.05, 0.1) is 0 Å². The van der Waals surface area contributed by atoms with Gasteiger partial charge in [-0.05, 0) is 31.7 Å². The minimum absolute atomic E-state index is 0.0388. The first kappa shape index (κ1) is 14.4. The van der Waals surface area contributed by atoms with E-state index in [9.17, 15) is 13.2 Å². The van der Waals surface area contributed by atoms with Crippen LogP contribution in [0.15, 0.2) is 17.2 Å². The maximum Gasteiger partial charge on any atom is 0.268 e. The van der Waals surface area contributed by atoms with Crippen molar-refractivity contribution in [2.75, 3.05) is 0 Å². The molecule has 1 aliphatic carbocycles. The molecule has 0 atom stereocenters. The van der Waals surface area contributed by atoms with Crippen molar-refractivity contribution in [2.45, 2.75) is 44.2 Å². The number of carbonyl (C=O) groups excluding carboxylic acids is 1. The van der Waals surface area contributed by atoms with Crippen LogP contribution in [0.5, 0.6) is 0 Å². The summed E-state index contributed by atoms with van der Waals surface area (Å²) in [4.78, 5) is 12.1. The highest BCUT2D eigenvalue weighted by molar-refractivity contribution is 8.13. The molecule has 5 nitrogen and oxygen atoms in total. The summed E-state index contributed by atoms with van der Waals surface area (Å²) in [7, 11) is 1.49. The highest BCUT2D eigenvalue weighted by Crippen LogP contribution is 2.27. The summed E-state index contributed by atoms with van der Waals surface area (Å²) >= 11 is 0. The van der Waals surface area contributed by atoms with Crippen molar-refractivity contribution in [3.8, 4) is 0 Å². The highest BCUT2D eigenvalue weighted by Gasteiger charge is 2.28. The molecule has 19 heavy (non-hydrogen) atoms. The van der Waals surface area contributed by atoms with Crippen LogP contribution in [0.2, 0.25) is 0 Å². The molecule has 1 N–H and O–H groups in total. The molecule has 1 fully saturated rings. The van der Waals surface area contributed by atoms with Gasteiger partial charge in [-0.3, -0.25) is 4.79 Å². The Morgan fingerprint density at radius 3 is 2.63 bits per heavy atom. The van der Waals surface area contributed by atoms with E-state index < -0.39 is 9.05 Å². The Bertz CT molecular complexity index is 588. The number of aryl methyl sites for hydroxylation is 1. The molecule has 1 amide bonds. The van der Waals surface area contributed by atoms with Crippen LogP contribution in [-0.4, -0.2) is 24.9 Å². The average molecular weight is 305 g/mol. The fourth-order valence-corrected chi connectivity index (χ4v) is 3.11. The topological polar surface area (TPSA) is 68.2 Å². The maximum atomic E-state index is 12.1. The number of aromatic nitrogens is 1. The molecule has 1 aliphatic rings. The van der Waals surface area contributed by atoms with E-state index in [-0.39, 0.29) is 16.8 Å². The molecule has 1 heterocycles. The standard InChI is InChI=1S/C12H17ClN2O3S/c1-3-15-7-10(19(13,17)18)6-11(15)12(16)14-9-4-8(2)5-9/h6-9H,3-5H2,1-2H3,(H,14,16). The third-order valence-corrected chi connectivity index (χ3v) is 4.76. The zero-order valence-corrected chi connectivity index (χ0v) is 12.5. The Morgan fingerprint density at radius 1 is 1.53 bits per heavy atom. The van der Waals surface area contributed by atoms with Crippen LogP contribution in [0.3, 0.4) is 0 Å². The summed E-state index contributed by atoms with van der Waals surface area (Å²) < 4.78 is 24.2. The van der Waals surface area contributed by atoms with Crippen molar-refractivity contribution in [3.05, 3.63) is 18.0 Å². The van der Waals surface area contributed by atoms with Crippen LogP contribution in [-0.2, 0) is 15.6 Å². The van der Waals surface area contributed by atoms with Crippen LogP contribution >= 0.6 is 10.7 Å². The van der Waals surface area contributed by atoms with Gasteiger partial charge in [0.1, 0.15) is 10.6 Å². The first-order valence-electron chi connectivity index (χ1n) is 6.27. The van der Waals surface area contributed by atoms with Crippen molar-refractivity contribution >= 4 is 25.6 Å². The van der Waals surface area contributed by atoms with Gasteiger partial charge in [0.25, 0.3) is 15.0 Å². The van der Waals surface area contributed by atoms with E-state index >= 15 is 0 Å². The molecule has 0 spiro atoms. The van der Waals surface area contributed by atoms with Crippen molar-refractivity contribution in [1.82, 2.24) is 9.88 Å². The quantitative estimate of drug-likeness (QED) is 0.865. The lowest BCUT2D eigenvalue weighted by atomic mass is 9.82. The average Bonchev–Trinajstić information content (AvgIpc) is 2.70. The lowest BCUT2D eigenvalue weighted by Gasteiger charge is -2.33. The molecular formula is C12H17ClN2O3S. The fraction of sp³-hybridized carbons (Fsp3) is 0.583. The lowest BCUT2D eigenvalue weighted by Crippen LogP contribution is -2.43. The third-order valence-electron chi connectivity index (χ3n) is 3.44. The van der Waals surface area contributed by atoms with Gasteiger partial charge in [-0.15, -0.1) is 0 Å². The minimum Gasteiger partial charge on any atom is -0.348 e. The van der Waals surface area contributed by atoms with Crippen LogP contribution in [0.25, 0.3) is 0 Å². The predicted molar refractivity (Wildman–Crippen MR) is 72.8 cm³/mol. The fourth-order valence-electron chi connectivity index (χ4n) is 2.35. The Morgan fingerprint density at radius 2 is 2.16 bits per heavy atom. The summed E-state index contributed by atoms with van der Waals surface area (Å²) in [6.45, 7) is 4.48. The summed E-state index contributed by atoms with van der Waals surface area (Å²) in [5.41, 5.74) is 0.335. The first-order valence-corrected chi connectivity index (χ1v) is 8.58. The largest absolute Gasteiger partial charge is 0.348 e. The number of hydrogen-bond donors (Lipinski definition) is 1. The molecule has 0 aromatic carbocycles. The van der Waals surface area contributed by atoms with E-state index in [1.54, 1.807) is 4.57 Å².